The minimum atomic E-state index is -0.642. The van der Waals surface area contributed by atoms with Crippen LogP contribution < -0.4 is 0 Å². The van der Waals surface area contributed by atoms with Crippen molar-refractivity contribution in [2.75, 3.05) is 27.3 Å². The zero-order valence-corrected chi connectivity index (χ0v) is 13.8. The Morgan fingerprint density at radius 1 is 1.40 bits per heavy atom. The van der Waals surface area contributed by atoms with Crippen molar-refractivity contribution in [3.8, 4) is 0 Å². The van der Waals surface area contributed by atoms with Gasteiger partial charge in [0, 0.05) is 31.6 Å². The van der Waals surface area contributed by atoms with Crippen LogP contribution in [0.4, 0.5) is 0 Å². The van der Waals surface area contributed by atoms with Crippen LogP contribution in [0.3, 0.4) is 0 Å². The number of benzene rings is 1. The molecule has 0 aliphatic carbocycles. The highest BCUT2D eigenvalue weighted by molar-refractivity contribution is 9.10. The topological polar surface area (TPSA) is 49.8 Å². The van der Waals surface area contributed by atoms with Gasteiger partial charge in [-0.05, 0) is 23.6 Å². The molecule has 0 spiro atoms. The lowest BCUT2D eigenvalue weighted by atomic mass is 9.97. The second kappa shape index (κ2) is 8.39. The molecule has 1 rings (SSSR count). The number of rotatable bonds is 7. The Kier molecular flexibility index (Phi) is 7.19. The fraction of sp³-hybridized carbons (Fsp3) is 0.533. The molecule has 0 aromatic heterocycles. The Morgan fingerprint density at radius 2 is 2.00 bits per heavy atom. The van der Waals surface area contributed by atoms with Crippen molar-refractivity contribution in [1.29, 1.82) is 0 Å². The highest BCUT2D eigenvalue weighted by Gasteiger charge is 2.17. The zero-order chi connectivity index (χ0) is 15.1. The molecular formula is C15H22BrNO3. The van der Waals surface area contributed by atoms with Crippen LogP contribution in [0.25, 0.3) is 0 Å². The molecule has 0 aliphatic heterocycles. The Bertz CT molecular complexity index is 422. The molecule has 2 atom stereocenters. The van der Waals surface area contributed by atoms with Crippen molar-refractivity contribution >= 4 is 21.8 Å². The average molecular weight is 344 g/mol. The molecule has 0 radical (unpaired) electrons. The first-order valence-corrected chi connectivity index (χ1v) is 7.39. The number of carbonyl (C=O) groups excluding carboxylic acids is 1. The van der Waals surface area contributed by atoms with E-state index < -0.39 is 6.10 Å². The standard InChI is InChI=1S/C15H22BrNO3/c1-11(12-4-6-13(16)7-5-12)8-15(19)17(2)9-14(18)10-20-3/h4-7,11,14,18H,8-10H2,1-3H3. The van der Waals surface area contributed by atoms with Crippen molar-refractivity contribution in [1.82, 2.24) is 4.90 Å². The second-order valence-electron chi connectivity index (χ2n) is 5.04. The van der Waals surface area contributed by atoms with Crippen LogP contribution in [0.1, 0.15) is 24.8 Å². The Labute approximate surface area is 128 Å². The lowest BCUT2D eigenvalue weighted by Crippen LogP contribution is -2.36. The predicted octanol–water partition coefficient (Wildman–Crippen LogP) is 2.41. The largest absolute Gasteiger partial charge is 0.389 e. The highest BCUT2D eigenvalue weighted by atomic mass is 79.9. The molecule has 1 N–H and O–H groups in total. The maximum Gasteiger partial charge on any atom is 0.223 e. The number of methoxy groups -OCH3 is 1. The van der Waals surface area contributed by atoms with Crippen molar-refractivity contribution in [2.24, 2.45) is 0 Å². The van der Waals surface area contributed by atoms with Crippen LogP contribution in [0.15, 0.2) is 28.7 Å². The van der Waals surface area contributed by atoms with Gasteiger partial charge in [0.1, 0.15) is 0 Å². The molecule has 1 aromatic carbocycles. The van der Waals surface area contributed by atoms with Gasteiger partial charge in [-0.2, -0.15) is 0 Å². The molecule has 0 saturated carbocycles. The summed E-state index contributed by atoms with van der Waals surface area (Å²) in [4.78, 5) is 13.7. The van der Waals surface area contributed by atoms with Gasteiger partial charge < -0.3 is 14.7 Å². The van der Waals surface area contributed by atoms with Gasteiger partial charge >= 0.3 is 0 Å². The molecule has 0 fully saturated rings. The average Bonchev–Trinajstić information content (AvgIpc) is 2.39. The van der Waals surface area contributed by atoms with E-state index in [9.17, 15) is 9.90 Å². The van der Waals surface area contributed by atoms with E-state index in [1.165, 1.54) is 7.11 Å². The third kappa shape index (κ3) is 5.61. The van der Waals surface area contributed by atoms with Crippen LogP contribution in [0.2, 0.25) is 0 Å². The fourth-order valence-corrected chi connectivity index (χ4v) is 2.25. The van der Waals surface area contributed by atoms with Gasteiger partial charge in [0.2, 0.25) is 5.91 Å². The lowest BCUT2D eigenvalue weighted by molar-refractivity contribution is -0.131. The molecule has 5 heteroatoms. The summed E-state index contributed by atoms with van der Waals surface area (Å²) in [7, 11) is 3.23. The van der Waals surface area contributed by atoms with E-state index in [0.717, 1.165) is 10.0 Å². The smallest absolute Gasteiger partial charge is 0.223 e. The Balaban J connectivity index is 2.50. The molecule has 20 heavy (non-hydrogen) atoms. The van der Waals surface area contributed by atoms with E-state index in [0.29, 0.717) is 13.0 Å². The normalized spacial score (nSPS) is 13.8. The summed E-state index contributed by atoms with van der Waals surface area (Å²) in [5.41, 5.74) is 1.13. The zero-order valence-electron chi connectivity index (χ0n) is 12.2. The van der Waals surface area contributed by atoms with E-state index >= 15 is 0 Å². The number of nitrogens with zero attached hydrogens (tertiary/aromatic N) is 1. The van der Waals surface area contributed by atoms with E-state index in [1.807, 2.05) is 31.2 Å². The molecule has 0 heterocycles. The first kappa shape index (κ1) is 17.1. The molecular weight excluding hydrogens is 322 g/mol. The number of halogens is 1. The molecule has 1 aromatic rings. The number of hydrogen-bond donors (Lipinski definition) is 1. The predicted molar refractivity (Wildman–Crippen MR) is 82.7 cm³/mol. The van der Waals surface area contributed by atoms with Gasteiger partial charge in [-0.3, -0.25) is 4.79 Å². The molecule has 0 saturated heterocycles. The van der Waals surface area contributed by atoms with Gasteiger partial charge in [-0.25, -0.2) is 0 Å². The molecule has 2 unspecified atom stereocenters. The Hall–Kier alpha value is -0.910. The van der Waals surface area contributed by atoms with Crippen LogP contribution >= 0.6 is 15.9 Å². The summed E-state index contributed by atoms with van der Waals surface area (Å²) in [5, 5.41) is 9.63. The SMILES string of the molecule is COCC(O)CN(C)C(=O)CC(C)c1ccc(Br)cc1. The number of aliphatic hydroxyl groups is 1. The van der Waals surface area contributed by atoms with E-state index in [2.05, 4.69) is 15.9 Å². The number of carbonyl (C=O) groups is 1. The summed E-state index contributed by atoms with van der Waals surface area (Å²) >= 11 is 3.40. The second-order valence-corrected chi connectivity index (χ2v) is 5.96. The van der Waals surface area contributed by atoms with Crippen LogP contribution in [-0.4, -0.2) is 49.3 Å². The first-order chi connectivity index (χ1) is 9.43. The van der Waals surface area contributed by atoms with Crippen molar-refractivity contribution in [3.05, 3.63) is 34.3 Å². The summed E-state index contributed by atoms with van der Waals surface area (Å²) in [5.74, 6) is 0.174. The van der Waals surface area contributed by atoms with Gasteiger partial charge in [0.05, 0.1) is 12.7 Å². The third-order valence-corrected chi connectivity index (χ3v) is 3.72. The van der Waals surface area contributed by atoms with Crippen molar-refractivity contribution in [3.63, 3.8) is 0 Å². The van der Waals surface area contributed by atoms with E-state index in [4.69, 9.17) is 4.74 Å². The summed E-state index contributed by atoms with van der Waals surface area (Å²) < 4.78 is 5.88. The van der Waals surface area contributed by atoms with Gasteiger partial charge in [-0.1, -0.05) is 35.0 Å². The van der Waals surface area contributed by atoms with E-state index in [-0.39, 0.29) is 18.4 Å². The Morgan fingerprint density at radius 3 is 2.55 bits per heavy atom. The van der Waals surface area contributed by atoms with Crippen molar-refractivity contribution < 1.29 is 14.6 Å². The quantitative estimate of drug-likeness (QED) is 0.826. The monoisotopic (exact) mass is 343 g/mol. The molecule has 112 valence electrons. The molecule has 0 bridgehead atoms. The third-order valence-electron chi connectivity index (χ3n) is 3.19. The number of amides is 1. The van der Waals surface area contributed by atoms with Gasteiger partial charge in [0.25, 0.3) is 0 Å². The minimum absolute atomic E-state index is 0.0237. The fourth-order valence-electron chi connectivity index (χ4n) is 1.99. The highest BCUT2D eigenvalue weighted by Crippen LogP contribution is 2.21. The van der Waals surface area contributed by atoms with Crippen molar-refractivity contribution in [2.45, 2.75) is 25.4 Å². The lowest BCUT2D eigenvalue weighted by Gasteiger charge is -2.22. The summed E-state index contributed by atoms with van der Waals surface area (Å²) in [6, 6.07) is 7.98. The summed E-state index contributed by atoms with van der Waals surface area (Å²) in [6.07, 6.45) is -0.213. The van der Waals surface area contributed by atoms with Crippen LogP contribution in [0.5, 0.6) is 0 Å². The van der Waals surface area contributed by atoms with E-state index in [1.54, 1.807) is 11.9 Å². The molecule has 0 aliphatic rings. The van der Waals surface area contributed by atoms with Crippen LogP contribution in [0, 0.1) is 0 Å². The number of hydrogen-bond acceptors (Lipinski definition) is 3. The molecule has 4 nitrogen and oxygen atoms in total. The number of aliphatic hydroxyl groups excluding tert-OH is 1. The van der Waals surface area contributed by atoms with Crippen LogP contribution in [-0.2, 0) is 9.53 Å². The first-order valence-electron chi connectivity index (χ1n) is 6.60. The molecule has 1 amide bonds. The van der Waals surface area contributed by atoms with Gasteiger partial charge in [0.15, 0.2) is 0 Å². The maximum absolute atomic E-state index is 12.1. The minimum Gasteiger partial charge on any atom is -0.389 e. The number of likely N-dealkylation sites (N-methyl/N-ethyl adjacent to an activating group) is 1. The van der Waals surface area contributed by atoms with Gasteiger partial charge in [-0.15, -0.1) is 0 Å². The maximum atomic E-state index is 12.1. The summed E-state index contributed by atoms with van der Waals surface area (Å²) in [6.45, 7) is 2.56. The number of ether oxygens (including phenoxy) is 1.